The highest BCUT2D eigenvalue weighted by Crippen LogP contribution is 2.16. The van der Waals surface area contributed by atoms with Crippen molar-refractivity contribution < 1.29 is 14.3 Å². The molecule has 0 saturated carbocycles. The van der Waals surface area contributed by atoms with Gasteiger partial charge in [0.25, 0.3) is 17.2 Å². The summed E-state index contributed by atoms with van der Waals surface area (Å²) in [6.45, 7) is 0. The molecule has 2 rings (SSSR count). The van der Waals surface area contributed by atoms with E-state index < -0.39 is 10.7 Å². The maximum absolute atomic E-state index is 12.9. The Bertz CT molecular complexity index is 993. The van der Waals surface area contributed by atoms with Crippen LogP contribution in [0.2, 0.25) is 0 Å². The van der Waals surface area contributed by atoms with E-state index in [0.29, 0.717) is 0 Å². The van der Waals surface area contributed by atoms with E-state index in [2.05, 4.69) is 0 Å². The third-order valence-corrected chi connectivity index (χ3v) is 3.70. The van der Waals surface area contributed by atoms with Crippen LogP contribution in [0.1, 0.15) is 10.4 Å². The number of nitro groups is 1. The van der Waals surface area contributed by atoms with Crippen LogP contribution in [0, 0.1) is 21.4 Å². The topological polar surface area (TPSA) is 113 Å². The van der Waals surface area contributed by atoms with Crippen molar-refractivity contribution in [2.75, 3.05) is 19.0 Å². The molecule has 0 spiro atoms. The predicted molar refractivity (Wildman–Crippen MR) is 100 cm³/mol. The minimum absolute atomic E-state index is 0.0762. The predicted octanol–water partition coefficient (Wildman–Crippen LogP) is 2.36. The number of ketones is 1. The normalized spacial score (nSPS) is 10.5. The number of nitriles is 1. The fourth-order valence-corrected chi connectivity index (χ4v) is 2.24. The van der Waals surface area contributed by atoms with Crippen molar-refractivity contribution in [2.24, 2.45) is 0 Å². The molecule has 2 aromatic rings. The third-order valence-electron chi connectivity index (χ3n) is 3.70. The Kier molecular flexibility index (Phi) is 5.94. The van der Waals surface area contributed by atoms with E-state index in [-0.39, 0.29) is 22.5 Å². The number of hydrogen-bond acceptors (Lipinski definition) is 5. The highest BCUT2D eigenvalue weighted by Gasteiger charge is 2.23. The van der Waals surface area contributed by atoms with Crippen molar-refractivity contribution >= 4 is 28.7 Å². The van der Waals surface area contributed by atoms with E-state index in [9.17, 15) is 14.9 Å². The lowest BCUT2D eigenvalue weighted by molar-refractivity contribution is -0.576. The Morgan fingerprint density at radius 2 is 1.81 bits per heavy atom. The minimum atomic E-state index is -0.559. The average Bonchev–Trinajstić information content (AvgIpc) is 2.68. The second-order valence-corrected chi connectivity index (χ2v) is 5.66. The maximum Gasteiger partial charge on any atom is 0.269 e. The van der Waals surface area contributed by atoms with Crippen LogP contribution in [0.5, 0.6) is 0 Å². The van der Waals surface area contributed by atoms with Crippen LogP contribution in [0.3, 0.4) is 0 Å². The fraction of sp³-hybridized carbons (Fsp3) is 0.105. The fourth-order valence-electron chi connectivity index (χ4n) is 2.24. The van der Waals surface area contributed by atoms with E-state index >= 15 is 0 Å². The largest absolute Gasteiger partial charge is 0.762 e. The molecule has 0 saturated heterocycles. The number of rotatable bonds is 6. The molecular weight excluding hydrogens is 346 g/mol. The molecule has 1 aromatic heterocycles. The van der Waals surface area contributed by atoms with E-state index in [0.717, 1.165) is 5.69 Å². The summed E-state index contributed by atoms with van der Waals surface area (Å²) < 4.78 is 1.49. The molecule has 27 heavy (non-hydrogen) atoms. The first-order chi connectivity index (χ1) is 12.9. The minimum Gasteiger partial charge on any atom is -0.762 e. The van der Waals surface area contributed by atoms with Crippen LogP contribution in [-0.4, -0.2) is 30.7 Å². The molecule has 8 nitrogen and oxygen atoms in total. The Labute approximate surface area is 155 Å². The average molecular weight is 361 g/mol. The van der Waals surface area contributed by atoms with Gasteiger partial charge in [-0.2, -0.15) is 9.83 Å². The molecule has 0 unspecified atom stereocenters. The Morgan fingerprint density at radius 3 is 2.26 bits per heavy atom. The molecule has 1 heterocycles. The van der Waals surface area contributed by atoms with Crippen molar-refractivity contribution in [1.82, 2.24) is 0 Å². The van der Waals surface area contributed by atoms with Crippen molar-refractivity contribution in [3.8, 4) is 6.07 Å². The summed E-state index contributed by atoms with van der Waals surface area (Å²) in [6.07, 6.45) is 4.47. The second kappa shape index (κ2) is 8.34. The Balaban J connectivity index is 2.52. The Hall–Kier alpha value is -4.08. The summed E-state index contributed by atoms with van der Waals surface area (Å²) in [4.78, 5) is 25.0. The molecule has 0 amide bonds. The zero-order valence-corrected chi connectivity index (χ0v) is 14.7. The van der Waals surface area contributed by atoms with Gasteiger partial charge in [-0.1, -0.05) is 0 Å². The van der Waals surface area contributed by atoms with Gasteiger partial charge in [0, 0.05) is 55.7 Å². The standard InChI is InChI=1S/C19H15N5O3/c1-22(2)16-7-9-23(10-8-16)18(11-14(12-20)13-21)19(25)15-3-5-17(6-4-15)24(26)27/h3-11H,1-2H3. The molecule has 134 valence electrons. The van der Waals surface area contributed by atoms with Gasteiger partial charge >= 0.3 is 0 Å². The van der Waals surface area contributed by atoms with E-state index in [1.165, 1.54) is 34.9 Å². The van der Waals surface area contributed by atoms with E-state index in [1.807, 2.05) is 19.0 Å². The number of carbonyl (C=O) groups is 1. The maximum atomic E-state index is 12.9. The molecule has 0 aliphatic heterocycles. The summed E-state index contributed by atoms with van der Waals surface area (Å²) in [7, 11) is 3.74. The molecule has 0 atom stereocenters. The number of non-ortho nitro benzene ring substituents is 1. The van der Waals surface area contributed by atoms with Gasteiger partial charge in [0.1, 0.15) is 6.07 Å². The molecule has 1 aromatic carbocycles. The number of nitro benzene ring substituents is 1. The lowest BCUT2D eigenvalue weighted by Crippen LogP contribution is -2.36. The molecule has 0 bridgehead atoms. The number of benzene rings is 1. The molecule has 0 aliphatic carbocycles. The summed E-state index contributed by atoms with van der Waals surface area (Å²) >= 11 is 0. The lowest BCUT2D eigenvalue weighted by Gasteiger charge is -2.10. The summed E-state index contributed by atoms with van der Waals surface area (Å²) in [6, 6.07) is 10.4. The quantitative estimate of drug-likeness (QED) is 0.115. The van der Waals surface area contributed by atoms with Crippen molar-refractivity contribution in [3.63, 3.8) is 0 Å². The van der Waals surface area contributed by atoms with Gasteiger partial charge in [-0.25, -0.2) is 0 Å². The zero-order chi connectivity index (χ0) is 20.0. The first-order valence-electron chi connectivity index (χ1n) is 7.74. The van der Waals surface area contributed by atoms with Gasteiger partial charge in [0.2, 0.25) is 0 Å². The zero-order valence-electron chi connectivity index (χ0n) is 14.7. The van der Waals surface area contributed by atoms with Gasteiger partial charge in [-0.3, -0.25) is 20.8 Å². The summed E-state index contributed by atoms with van der Waals surface area (Å²) in [5, 5.41) is 28.8. The summed E-state index contributed by atoms with van der Waals surface area (Å²) in [5.74, 6) is 1.25. The van der Waals surface area contributed by atoms with Gasteiger partial charge in [0.05, 0.1) is 10.5 Å². The third kappa shape index (κ3) is 4.51. The number of carbonyl (C=O) groups excluding carboxylic acids is 1. The van der Waals surface area contributed by atoms with E-state index in [4.69, 9.17) is 10.7 Å². The molecular formula is C19H15N5O3. The van der Waals surface area contributed by atoms with Crippen molar-refractivity contribution in [1.29, 1.82) is 5.26 Å². The van der Waals surface area contributed by atoms with Crippen LogP contribution in [-0.2, 0) is 0 Å². The second-order valence-electron chi connectivity index (χ2n) is 5.66. The molecule has 0 N–H and O–H groups in total. The highest BCUT2D eigenvalue weighted by molar-refractivity contribution is 6.22. The number of pyridine rings is 1. The number of anilines is 1. The number of aromatic nitrogens is 1. The molecule has 0 radical (unpaired) electrons. The lowest BCUT2D eigenvalue weighted by atomic mass is 10.1. The first-order valence-corrected chi connectivity index (χ1v) is 7.74. The van der Waals surface area contributed by atoms with Gasteiger partial charge < -0.3 is 10.3 Å². The molecule has 0 fully saturated rings. The van der Waals surface area contributed by atoms with Crippen LogP contribution in [0.4, 0.5) is 11.4 Å². The monoisotopic (exact) mass is 361 g/mol. The van der Waals surface area contributed by atoms with Crippen LogP contribution in [0.25, 0.3) is 11.1 Å². The summed E-state index contributed by atoms with van der Waals surface area (Å²) in [5.41, 5.74) is 0.808. The molecule has 0 aliphatic rings. The number of hydrogen-bond donors (Lipinski definition) is 0. The number of allylic oxidation sites excluding steroid dienone is 3. The smallest absolute Gasteiger partial charge is 0.269 e. The van der Waals surface area contributed by atoms with Crippen molar-refractivity contribution in [3.05, 3.63) is 81.5 Å². The van der Waals surface area contributed by atoms with E-state index in [1.54, 1.807) is 36.5 Å². The number of nitrogens with zero attached hydrogens (tertiary/aromatic N) is 5. The highest BCUT2D eigenvalue weighted by atomic mass is 16.6. The number of Topliss-reactive ketones (excluding diaryl/α,β-unsaturated/α-hetero) is 1. The van der Waals surface area contributed by atoms with Gasteiger partial charge in [0.15, 0.2) is 12.4 Å². The van der Waals surface area contributed by atoms with Crippen LogP contribution in [0.15, 0.2) is 60.4 Å². The van der Waals surface area contributed by atoms with Gasteiger partial charge in [-0.05, 0) is 12.1 Å². The molecule has 8 heteroatoms. The first kappa shape index (κ1) is 19.2. The van der Waals surface area contributed by atoms with Crippen LogP contribution < -0.4 is 9.47 Å². The SMILES string of the molecule is CN(C)c1cc[n+](C(=CC(=C=[N-])C#N)C(=O)c2ccc([N+](=O)[O-])cc2)cc1. The van der Waals surface area contributed by atoms with Crippen LogP contribution >= 0.6 is 0 Å². The Morgan fingerprint density at radius 1 is 1.22 bits per heavy atom. The van der Waals surface area contributed by atoms with Crippen molar-refractivity contribution in [2.45, 2.75) is 0 Å². The van der Waals surface area contributed by atoms with Gasteiger partial charge in [-0.15, -0.1) is 0 Å².